The highest BCUT2D eigenvalue weighted by Gasteiger charge is 2.19. The fraction of sp³-hybridized carbons (Fsp3) is 0.0714. The second kappa shape index (κ2) is 6.21. The van der Waals surface area contributed by atoms with Crippen molar-refractivity contribution in [2.45, 2.75) is 6.04 Å². The van der Waals surface area contributed by atoms with Crippen molar-refractivity contribution in [3.63, 3.8) is 0 Å². The lowest BCUT2D eigenvalue weighted by Gasteiger charge is -2.16. The van der Waals surface area contributed by atoms with Gasteiger partial charge in [0.25, 0.3) is 0 Å². The first-order chi connectivity index (χ1) is 9.06. The van der Waals surface area contributed by atoms with Crippen molar-refractivity contribution in [1.29, 1.82) is 0 Å². The van der Waals surface area contributed by atoms with E-state index in [1.54, 1.807) is 12.1 Å². The van der Waals surface area contributed by atoms with Gasteiger partial charge >= 0.3 is 5.97 Å². The molecule has 0 saturated heterocycles. The quantitative estimate of drug-likeness (QED) is 0.818. The highest BCUT2D eigenvalue weighted by Crippen LogP contribution is 2.23. The van der Waals surface area contributed by atoms with E-state index in [0.29, 0.717) is 5.56 Å². The molecule has 0 saturated carbocycles. The summed E-state index contributed by atoms with van der Waals surface area (Å²) in [4.78, 5) is 11.4. The number of hydrogen-bond donors (Lipinski definition) is 2. The standard InChI is InChI=1S/C14H11Br2NO2/c15-10-3-1-9(2-4-10)13(14(18)19)17-12-7-5-11(16)6-8-12/h1-8,13,17H,(H,18,19). The average molecular weight is 385 g/mol. The maximum Gasteiger partial charge on any atom is 0.330 e. The first kappa shape index (κ1) is 14.1. The molecule has 0 amide bonds. The SMILES string of the molecule is O=C(O)C(Nc1ccc(Br)cc1)c1ccc(Br)cc1. The molecule has 0 aromatic heterocycles. The van der Waals surface area contributed by atoms with E-state index in [0.717, 1.165) is 14.6 Å². The summed E-state index contributed by atoms with van der Waals surface area (Å²) in [7, 11) is 0. The fourth-order valence-electron chi connectivity index (χ4n) is 1.66. The largest absolute Gasteiger partial charge is 0.479 e. The van der Waals surface area contributed by atoms with Gasteiger partial charge in [-0.05, 0) is 42.0 Å². The molecule has 1 unspecified atom stereocenters. The van der Waals surface area contributed by atoms with Crippen molar-refractivity contribution in [3.05, 3.63) is 63.0 Å². The van der Waals surface area contributed by atoms with Crippen LogP contribution in [0.3, 0.4) is 0 Å². The Labute approximate surface area is 127 Å². The van der Waals surface area contributed by atoms with Gasteiger partial charge in [-0.25, -0.2) is 4.79 Å². The number of nitrogens with one attached hydrogen (secondary N) is 1. The summed E-state index contributed by atoms with van der Waals surface area (Å²) in [6.45, 7) is 0. The lowest BCUT2D eigenvalue weighted by molar-refractivity contribution is -0.138. The number of benzene rings is 2. The number of carboxylic acids is 1. The van der Waals surface area contributed by atoms with Crippen molar-refractivity contribution in [1.82, 2.24) is 0 Å². The first-order valence-corrected chi connectivity index (χ1v) is 7.15. The van der Waals surface area contributed by atoms with Crippen molar-refractivity contribution in [2.24, 2.45) is 0 Å². The molecular weight excluding hydrogens is 374 g/mol. The molecule has 2 N–H and O–H groups in total. The van der Waals surface area contributed by atoms with Crippen molar-refractivity contribution >= 4 is 43.5 Å². The van der Waals surface area contributed by atoms with Crippen LogP contribution in [0.5, 0.6) is 0 Å². The van der Waals surface area contributed by atoms with E-state index in [9.17, 15) is 9.90 Å². The fourth-order valence-corrected chi connectivity index (χ4v) is 2.18. The van der Waals surface area contributed by atoms with E-state index in [2.05, 4.69) is 37.2 Å². The second-order valence-electron chi connectivity index (χ2n) is 3.97. The first-order valence-electron chi connectivity index (χ1n) is 5.56. The normalized spacial score (nSPS) is 11.9. The van der Waals surface area contributed by atoms with E-state index in [-0.39, 0.29) is 0 Å². The van der Waals surface area contributed by atoms with Gasteiger partial charge in [0.15, 0.2) is 6.04 Å². The monoisotopic (exact) mass is 383 g/mol. The third-order valence-electron chi connectivity index (χ3n) is 2.61. The zero-order chi connectivity index (χ0) is 13.8. The van der Waals surface area contributed by atoms with E-state index < -0.39 is 12.0 Å². The van der Waals surface area contributed by atoms with Gasteiger partial charge in [-0.15, -0.1) is 0 Å². The van der Waals surface area contributed by atoms with Gasteiger partial charge in [-0.1, -0.05) is 44.0 Å². The smallest absolute Gasteiger partial charge is 0.330 e. The molecule has 0 radical (unpaired) electrons. The molecule has 0 bridgehead atoms. The van der Waals surface area contributed by atoms with Crippen molar-refractivity contribution in [2.75, 3.05) is 5.32 Å². The number of anilines is 1. The zero-order valence-electron chi connectivity index (χ0n) is 9.81. The summed E-state index contributed by atoms with van der Waals surface area (Å²) in [6.07, 6.45) is 0. The summed E-state index contributed by atoms with van der Waals surface area (Å²) < 4.78 is 1.87. The Morgan fingerprint density at radius 3 is 1.89 bits per heavy atom. The molecule has 98 valence electrons. The van der Waals surface area contributed by atoms with Gasteiger partial charge in [0.1, 0.15) is 0 Å². The molecule has 2 rings (SSSR count). The number of hydrogen-bond acceptors (Lipinski definition) is 2. The summed E-state index contributed by atoms with van der Waals surface area (Å²) in [5.41, 5.74) is 1.47. The summed E-state index contributed by atoms with van der Waals surface area (Å²) in [5.74, 6) is -0.912. The molecular formula is C14H11Br2NO2. The number of carbonyl (C=O) groups is 1. The molecule has 3 nitrogen and oxygen atoms in total. The highest BCUT2D eigenvalue weighted by molar-refractivity contribution is 9.10. The summed E-state index contributed by atoms with van der Waals surface area (Å²) in [5, 5.41) is 12.3. The number of rotatable bonds is 4. The molecule has 2 aromatic carbocycles. The van der Waals surface area contributed by atoms with Crippen LogP contribution in [0.25, 0.3) is 0 Å². The Morgan fingerprint density at radius 1 is 0.947 bits per heavy atom. The number of halogens is 2. The van der Waals surface area contributed by atoms with E-state index in [1.165, 1.54) is 0 Å². The Kier molecular flexibility index (Phi) is 4.61. The average Bonchev–Trinajstić information content (AvgIpc) is 2.39. The third-order valence-corrected chi connectivity index (χ3v) is 3.66. The Bertz CT molecular complexity index is 567. The van der Waals surface area contributed by atoms with Gasteiger partial charge in [0.05, 0.1) is 0 Å². The van der Waals surface area contributed by atoms with Crippen LogP contribution in [-0.4, -0.2) is 11.1 Å². The van der Waals surface area contributed by atoms with Gasteiger partial charge in [0, 0.05) is 14.6 Å². The highest BCUT2D eigenvalue weighted by atomic mass is 79.9. The minimum atomic E-state index is -0.912. The number of aliphatic carboxylic acids is 1. The predicted molar refractivity (Wildman–Crippen MR) is 82.3 cm³/mol. The predicted octanol–water partition coefficient (Wildman–Crippen LogP) is 4.45. The molecule has 2 aromatic rings. The molecule has 0 aliphatic heterocycles. The summed E-state index contributed by atoms with van der Waals surface area (Å²) >= 11 is 6.68. The van der Waals surface area contributed by atoms with Gasteiger partial charge in [-0.2, -0.15) is 0 Å². The second-order valence-corrected chi connectivity index (χ2v) is 5.81. The van der Waals surface area contributed by atoms with Crippen LogP contribution in [0.2, 0.25) is 0 Å². The molecule has 0 aliphatic rings. The van der Waals surface area contributed by atoms with Crippen LogP contribution in [0.4, 0.5) is 5.69 Å². The van der Waals surface area contributed by atoms with Crippen molar-refractivity contribution in [3.8, 4) is 0 Å². The molecule has 1 atom stereocenters. The number of carboxylic acid groups (broad SMARTS) is 1. The maximum absolute atomic E-state index is 11.4. The summed E-state index contributed by atoms with van der Waals surface area (Å²) in [6, 6.07) is 13.9. The third kappa shape index (κ3) is 3.81. The van der Waals surface area contributed by atoms with E-state index >= 15 is 0 Å². The zero-order valence-corrected chi connectivity index (χ0v) is 13.0. The molecule has 19 heavy (non-hydrogen) atoms. The van der Waals surface area contributed by atoms with Crippen LogP contribution in [0.1, 0.15) is 11.6 Å². The maximum atomic E-state index is 11.4. The van der Waals surface area contributed by atoms with E-state index in [1.807, 2.05) is 36.4 Å². The van der Waals surface area contributed by atoms with Crippen molar-refractivity contribution < 1.29 is 9.90 Å². The lowest BCUT2D eigenvalue weighted by Crippen LogP contribution is -2.20. The molecule has 5 heteroatoms. The van der Waals surface area contributed by atoms with Crippen LogP contribution >= 0.6 is 31.9 Å². The topological polar surface area (TPSA) is 49.3 Å². The Hall–Kier alpha value is -1.33. The van der Waals surface area contributed by atoms with Crippen LogP contribution in [0.15, 0.2) is 57.5 Å². The molecule has 0 heterocycles. The molecule has 0 fully saturated rings. The Balaban J connectivity index is 2.23. The lowest BCUT2D eigenvalue weighted by atomic mass is 10.1. The van der Waals surface area contributed by atoms with Gasteiger partial charge in [0.2, 0.25) is 0 Å². The Morgan fingerprint density at radius 2 is 1.42 bits per heavy atom. The van der Waals surface area contributed by atoms with Crippen LogP contribution in [-0.2, 0) is 4.79 Å². The van der Waals surface area contributed by atoms with Gasteiger partial charge < -0.3 is 10.4 Å². The van der Waals surface area contributed by atoms with Gasteiger partial charge in [-0.3, -0.25) is 0 Å². The molecule has 0 spiro atoms. The minimum Gasteiger partial charge on any atom is -0.479 e. The minimum absolute atomic E-state index is 0.707. The van der Waals surface area contributed by atoms with E-state index in [4.69, 9.17) is 0 Å². The van der Waals surface area contributed by atoms with Crippen LogP contribution in [0, 0.1) is 0 Å². The molecule has 0 aliphatic carbocycles. The van der Waals surface area contributed by atoms with Crippen LogP contribution < -0.4 is 5.32 Å².